The second-order valence-corrected chi connectivity index (χ2v) is 6.60. The molecule has 0 aliphatic rings. The number of benzene rings is 2. The molecule has 0 heterocycles. The number of carbonyl (C=O) groups excluding carboxylic acids is 2. The Bertz CT molecular complexity index is 864. The Kier molecular flexibility index (Phi) is 7.88. The Morgan fingerprint density at radius 1 is 0.966 bits per heavy atom. The van der Waals surface area contributed by atoms with Crippen LogP contribution in [-0.4, -0.2) is 38.8 Å². The molecule has 0 radical (unpaired) electrons. The van der Waals surface area contributed by atoms with E-state index in [1.165, 1.54) is 6.92 Å². The van der Waals surface area contributed by atoms with E-state index in [1.54, 1.807) is 32.4 Å². The van der Waals surface area contributed by atoms with Crippen LogP contribution in [0.2, 0.25) is 0 Å². The van der Waals surface area contributed by atoms with Crippen LogP contribution in [0.5, 0.6) is 17.2 Å². The molecule has 7 heteroatoms. The number of amides is 1. The first kappa shape index (κ1) is 22.1. The number of aryl methyl sites for hydroxylation is 2. The number of rotatable bonds is 9. The van der Waals surface area contributed by atoms with Crippen molar-refractivity contribution in [3.8, 4) is 17.2 Å². The zero-order chi connectivity index (χ0) is 21.4. The van der Waals surface area contributed by atoms with E-state index in [-0.39, 0.29) is 13.2 Å². The summed E-state index contributed by atoms with van der Waals surface area (Å²) in [5.74, 6) is 0.771. The lowest BCUT2D eigenvalue weighted by molar-refractivity contribution is -0.156. The quantitative estimate of drug-likeness (QED) is 0.651. The van der Waals surface area contributed by atoms with Crippen molar-refractivity contribution < 1.29 is 28.5 Å². The maximum absolute atomic E-state index is 12.2. The van der Waals surface area contributed by atoms with Gasteiger partial charge < -0.3 is 24.3 Å². The van der Waals surface area contributed by atoms with E-state index in [0.717, 1.165) is 16.7 Å². The number of ether oxygens (including phenoxy) is 4. The van der Waals surface area contributed by atoms with Crippen molar-refractivity contribution in [2.45, 2.75) is 33.4 Å². The zero-order valence-corrected chi connectivity index (χ0v) is 17.4. The van der Waals surface area contributed by atoms with E-state index in [4.69, 9.17) is 18.9 Å². The van der Waals surface area contributed by atoms with Crippen LogP contribution in [0.4, 0.5) is 0 Å². The smallest absolute Gasteiger partial charge is 0.344 e. The summed E-state index contributed by atoms with van der Waals surface area (Å²) in [4.78, 5) is 24.2. The fraction of sp³-hybridized carbons (Fsp3) is 0.364. The number of methoxy groups -OCH3 is 2. The van der Waals surface area contributed by atoms with Crippen molar-refractivity contribution >= 4 is 11.9 Å². The summed E-state index contributed by atoms with van der Waals surface area (Å²) in [5.41, 5.74) is 2.86. The van der Waals surface area contributed by atoms with E-state index in [0.29, 0.717) is 17.2 Å². The van der Waals surface area contributed by atoms with Crippen LogP contribution in [0.1, 0.15) is 23.6 Å². The van der Waals surface area contributed by atoms with E-state index >= 15 is 0 Å². The molecule has 2 aromatic carbocycles. The zero-order valence-electron chi connectivity index (χ0n) is 17.4. The van der Waals surface area contributed by atoms with Gasteiger partial charge in [0.25, 0.3) is 5.91 Å². The molecule has 0 aliphatic heterocycles. The molecule has 2 rings (SSSR count). The summed E-state index contributed by atoms with van der Waals surface area (Å²) >= 11 is 0. The summed E-state index contributed by atoms with van der Waals surface area (Å²) in [6, 6.07) is 11.0. The van der Waals surface area contributed by atoms with Crippen molar-refractivity contribution in [1.29, 1.82) is 0 Å². The monoisotopic (exact) mass is 401 g/mol. The normalized spacial score (nSPS) is 11.3. The minimum Gasteiger partial charge on any atom is -0.493 e. The number of carbonyl (C=O) groups is 2. The molecule has 1 N–H and O–H groups in total. The van der Waals surface area contributed by atoms with Gasteiger partial charge in [0.05, 0.1) is 14.2 Å². The van der Waals surface area contributed by atoms with Gasteiger partial charge in [-0.25, -0.2) is 4.79 Å². The van der Waals surface area contributed by atoms with Gasteiger partial charge in [0.2, 0.25) is 0 Å². The summed E-state index contributed by atoms with van der Waals surface area (Å²) in [5, 5.41) is 2.73. The van der Waals surface area contributed by atoms with Crippen molar-refractivity contribution in [2.24, 2.45) is 0 Å². The minimum atomic E-state index is -0.939. The molecule has 0 saturated carbocycles. The van der Waals surface area contributed by atoms with Crippen LogP contribution in [0, 0.1) is 13.8 Å². The maximum atomic E-state index is 12.2. The van der Waals surface area contributed by atoms with Gasteiger partial charge in [-0.05, 0) is 50.1 Å². The third-order valence-electron chi connectivity index (χ3n) is 4.27. The summed E-state index contributed by atoms with van der Waals surface area (Å²) < 4.78 is 21.1. The molecular formula is C22H27NO6. The molecule has 0 bridgehead atoms. The van der Waals surface area contributed by atoms with Gasteiger partial charge in [0.15, 0.2) is 24.2 Å². The maximum Gasteiger partial charge on any atom is 0.344 e. The number of hydrogen-bond acceptors (Lipinski definition) is 6. The highest BCUT2D eigenvalue weighted by Crippen LogP contribution is 2.27. The first-order valence-corrected chi connectivity index (χ1v) is 9.22. The van der Waals surface area contributed by atoms with E-state index in [9.17, 15) is 9.59 Å². The number of hydrogen-bond donors (Lipinski definition) is 1. The lowest BCUT2D eigenvalue weighted by Crippen LogP contribution is -2.36. The van der Waals surface area contributed by atoms with E-state index in [2.05, 4.69) is 5.32 Å². The molecule has 2 aromatic rings. The Hall–Kier alpha value is -3.22. The van der Waals surface area contributed by atoms with Gasteiger partial charge >= 0.3 is 5.97 Å². The minimum absolute atomic E-state index is 0.264. The third kappa shape index (κ3) is 6.41. The molecule has 0 unspecified atom stereocenters. The first-order valence-electron chi connectivity index (χ1n) is 9.22. The Balaban J connectivity index is 1.81. The van der Waals surface area contributed by atoms with Gasteiger partial charge in [0.1, 0.15) is 5.75 Å². The lowest BCUT2D eigenvalue weighted by atomic mass is 10.1. The third-order valence-corrected chi connectivity index (χ3v) is 4.27. The second-order valence-electron chi connectivity index (χ2n) is 6.60. The highest BCUT2D eigenvalue weighted by atomic mass is 16.6. The number of esters is 1. The molecule has 7 nitrogen and oxygen atoms in total. The van der Waals surface area contributed by atoms with Gasteiger partial charge in [-0.1, -0.05) is 23.8 Å². The molecule has 0 spiro atoms. The Labute approximate surface area is 170 Å². The van der Waals surface area contributed by atoms with Crippen LogP contribution in [0.15, 0.2) is 36.4 Å². The molecule has 0 fully saturated rings. The molecular weight excluding hydrogens is 374 g/mol. The fourth-order valence-corrected chi connectivity index (χ4v) is 2.71. The topological polar surface area (TPSA) is 83.1 Å². The lowest BCUT2D eigenvalue weighted by Gasteiger charge is -2.15. The van der Waals surface area contributed by atoms with Crippen LogP contribution < -0.4 is 19.5 Å². The van der Waals surface area contributed by atoms with Crippen LogP contribution in [0.25, 0.3) is 0 Å². The first-order chi connectivity index (χ1) is 13.8. The van der Waals surface area contributed by atoms with Crippen molar-refractivity contribution in [1.82, 2.24) is 5.32 Å². The Morgan fingerprint density at radius 3 is 2.31 bits per heavy atom. The average Bonchev–Trinajstić information content (AvgIpc) is 2.70. The second kappa shape index (κ2) is 10.4. The van der Waals surface area contributed by atoms with Gasteiger partial charge in [-0.2, -0.15) is 0 Å². The summed E-state index contributed by atoms with van der Waals surface area (Å²) in [6.07, 6.45) is -0.939. The molecule has 1 atom stereocenters. The fourth-order valence-electron chi connectivity index (χ4n) is 2.71. The number of nitrogens with one attached hydrogen (secondary N) is 1. The van der Waals surface area contributed by atoms with Crippen molar-refractivity contribution in [2.75, 3.05) is 20.8 Å². The summed E-state index contributed by atoms with van der Waals surface area (Å²) in [6.45, 7) is 5.39. The van der Waals surface area contributed by atoms with Gasteiger partial charge in [-0.3, -0.25) is 4.79 Å². The highest BCUT2D eigenvalue weighted by molar-refractivity contribution is 5.83. The molecule has 1 amide bonds. The predicted octanol–water partition coefficient (Wildman–Crippen LogP) is 2.95. The van der Waals surface area contributed by atoms with Gasteiger partial charge in [0, 0.05) is 6.54 Å². The largest absolute Gasteiger partial charge is 0.493 e. The SMILES string of the molecule is COc1ccc(CNC(=O)[C@@H](C)OC(=O)COc2ccc(C)cc2C)cc1OC. The van der Waals surface area contributed by atoms with Crippen molar-refractivity contribution in [3.63, 3.8) is 0 Å². The van der Waals surface area contributed by atoms with Crippen LogP contribution >= 0.6 is 0 Å². The molecule has 156 valence electrons. The Morgan fingerprint density at radius 2 is 1.66 bits per heavy atom. The molecule has 0 aromatic heterocycles. The summed E-state index contributed by atoms with van der Waals surface area (Å²) in [7, 11) is 3.10. The van der Waals surface area contributed by atoms with E-state index in [1.807, 2.05) is 32.0 Å². The van der Waals surface area contributed by atoms with E-state index < -0.39 is 18.0 Å². The standard InChI is InChI=1S/C22H27NO6/c1-14-6-8-18(15(2)10-14)28-13-21(24)29-16(3)22(25)23-12-17-7-9-19(26-4)20(11-17)27-5/h6-11,16H,12-13H2,1-5H3,(H,23,25)/t16-/m1/s1. The van der Waals surface area contributed by atoms with Crippen LogP contribution in [0.3, 0.4) is 0 Å². The predicted molar refractivity (Wildman–Crippen MR) is 108 cm³/mol. The molecule has 29 heavy (non-hydrogen) atoms. The molecule has 0 aliphatic carbocycles. The highest BCUT2D eigenvalue weighted by Gasteiger charge is 2.18. The average molecular weight is 401 g/mol. The van der Waals surface area contributed by atoms with Crippen LogP contribution in [-0.2, 0) is 20.9 Å². The molecule has 0 saturated heterocycles. The van der Waals surface area contributed by atoms with Gasteiger partial charge in [-0.15, -0.1) is 0 Å². The van der Waals surface area contributed by atoms with Crippen molar-refractivity contribution in [3.05, 3.63) is 53.1 Å².